The maximum atomic E-state index is 5.87. The maximum Gasteiger partial charge on any atom is 0.202 e. The third-order valence-corrected chi connectivity index (χ3v) is 4.28. The summed E-state index contributed by atoms with van der Waals surface area (Å²) in [6, 6.07) is 15.1. The number of benzene rings is 2. The van der Waals surface area contributed by atoms with Crippen LogP contribution in [0.1, 0.15) is 12.5 Å². The minimum Gasteiger partial charge on any atom is -1.00 e. The summed E-state index contributed by atoms with van der Waals surface area (Å²) in [6.07, 6.45) is 0.166. The Hall–Kier alpha value is -0.420. The zero-order valence-corrected chi connectivity index (χ0v) is 16.0. The molecule has 0 saturated heterocycles. The molecule has 0 bridgehead atoms. The van der Waals surface area contributed by atoms with Gasteiger partial charge in [-0.25, -0.2) is 0 Å². The summed E-state index contributed by atoms with van der Waals surface area (Å²) in [5, 5.41) is 3.49. The highest BCUT2D eigenvalue weighted by Crippen LogP contribution is 2.23. The number of fused-ring (bicyclic) bond motifs is 1. The lowest BCUT2D eigenvalue weighted by molar-refractivity contribution is -0.946. The maximum absolute atomic E-state index is 5.87. The first-order valence-corrected chi connectivity index (χ1v) is 8.17. The zero-order chi connectivity index (χ0) is 14.6. The van der Waals surface area contributed by atoms with E-state index in [9.17, 15) is 0 Å². The van der Waals surface area contributed by atoms with Gasteiger partial charge in [-0.2, -0.15) is 0 Å². The van der Waals surface area contributed by atoms with Crippen molar-refractivity contribution in [2.75, 3.05) is 26.0 Å². The van der Waals surface area contributed by atoms with Crippen molar-refractivity contribution in [3.8, 4) is 0 Å². The SMILES string of the molecule is CCOC(CBr)[N+](C)(C)Cc1cccc2ccccc12.[Br-]. The second-order valence-electron chi connectivity index (χ2n) is 5.64. The van der Waals surface area contributed by atoms with Crippen molar-refractivity contribution in [1.29, 1.82) is 0 Å². The van der Waals surface area contributed by atoms with Gasteiger partial charge >= 0.3 is 0 Å². The molecule has 1 atom stereocenters. The largest absolute Gasteiger partial charge is 1.00 e. The molecule has 0 amide bonds. The van der Waals surface area contributed by atoms with E-state index in [2.05, 4.69) is 72.5 Å². The Morgan fingerprint density at radius 1 is 1.10 bits per heavy atom. The van der Waals surface area contributed by atoms with E-state index in [1.165, 1.54) is 16.3 Å². The van der Waals surface area contributed by atoms with Crippen LogP contribution in [0.2, 0.25) is 0 Å². The Morgan fingerprint density at radius 3 is 2.43 bits per heavy atom. The van der Waals surface area contributed by atoms with Crippen LogP contribution in [-0.4, -0.2) is 36.7 Å². The molecule has 21 heavy (non-hydrogen) atoms. The molecule has 2 rings (SSSR count). The molecule has 0 N–H and O–H groups in total. The molecule has 0 fully saturated rings. The van der Waals surface area contributed by atoms with E-state index in [0.717, 1.165) is 23.0 Å². The van der Waals surface area contributed by atoms with Crippen molar-refractivity contribution in [2.24, 2.45) is 0 Å². The second kappa shape index (κ2) is 8.28. The average molecular weight is 417 g/mol. The van der Waals surface area contributed by atoms with E-state index in [-0.39, 0.29) is 23.2 Å². The summed E-state index contributed by atoms with van der Waals surface area (Å²) < 4.78 is 6.68. The van der Waals surface area contributed by atoms with Gasteiger partial charge in [-0.05, 0) is 17.7 Å². The summed E-state index contributed by atoms with van der Waals surface area (Å²) >= 11 is 3.58. The standard InChI is InChI=1S/C17H23BrNO.BrH/c1-4-20-17(12-18)19(2,3)13-15-10-7-9-14-8-5-6-11-16(14)15;/h5-11,17H,4,12-13H2,1-3H3;1H/q+1;/p-1. The van der Waals surface area contributed by atoms with Gasteiger partial charge in [-0.3, -0.25) is 4.48 Å². The Balaban J connectivity index is 0.00000220. The molecule has 116 valence electrons. The van der Waals surface area contributed by atoms with Crippen LogP contribution >= 0.6 is 15.9 Å². The molecule has 1 unspecified atom stereocenters. The molecule has 0 aliphatic rings. The lowest BCUT2D eigenvalue weighted by Crippen LogP contribution is -3.00. The predicted octanol–water partition coefficient (Wildman–Crippen LogP) is 1.18. The Labute approximate surface area is 146 Å². The van der Waals surface area contributed by atoms with Crippen LogP contribution in [0.3, 0.4) is 0 Å². The summed E-state index contributed by atoms with van der Waals surface area (Å²) in [6.45, 7) is 3.75. The van der Waals surface area contributed by atoms with Crippen molar-refractivity contribution < 1.29 is 26.2 Å². The van der Waals surface area contributed by atoms with Gasteiger partial charge in [0.05, 0.1) is 26.0 Å². The average Bonchev–Trinajstić information content (AvgIpc) is 2.44. The predicted molar refractivity (Wildman–Crippen MR) is 89.0 cm³/mol. The molecule has 2 aromatic rings. The Kier molecular flexibility index (Phi) is 7.34. The van der Waals surface area contributed by atoms with E-state index in [1.54, 1.807) is 0 Å². The van der Waals surface area contributed by atoms with Gasteiger partial charge in [-0.15, -0.1) is 0 Å². The summed E-state index contributed by atoms with van der Waals surface area (Å²) in [4.78, 5) is 0. The molecular formula is C17H23Br2NO. The molecule has 2 aromatic carbocycles. The molecular weight excluding hydrogens is 394 g/mol. The molecule has 0 saturated carbocycles. The van der Waals surface area contributed by atoms with Crippen molar-refractivity contribution in [3.63, 3.8) is 0 Å². The lowest BCUT2D eigenvalue weighted by atomic mass is 10.0. The summed E-state index contributed by atoms with van der Waals surface area (Å²) in [7, 11) is 4.45. The highest BCUT2D eigenvalue weighted by molar-refractivity contribution is 9.09. The highest BCUT2D eigenvalue weighted by Gasteiger charge is 2.28. The van der Waals surface area contributed by atoms with Crippen molar-refractivity contribution >= 4 is 26.7 Å². The minimum atomic E-state index is 0. The van der Waals surface area contributed by atoms with Gasteiger partial charge in [-0.1, -0.05) is 58.4 Å². The fraction of sp³-hybridized carbons (Fsp3) is 0.412. The lowest BCUT2D eigenvalue weighted by Gasteiger charge is -2.36. The Morgan fingerprint density at radius 2 is 1.76 bits per heavy atom. The van der Waals surface area contributed by atoms with Crippen LogP contribution < -0.4 is 17.0 Å². The number of alkyl halides is 1. The van der Waals surface area contributed by atoms with Crippen LogP contribution in [0, 0.1) is 0 Å². The number of nitrogens with zero attached hydrogens (tertiary/aromatic N) is 1. The first-order valence-electron chi connectivity index (χ1n) is 7.05. The van der Waals surface area contributed by atoms with Gasteiger partial charge in [0, 0.05) is 5.56 Å². The zero-order valence-electron chi connectivity index (χ0n) is 12.9. The number of hydrogen-bond acceptors (Lipinski definition) is 1. The quantitative estimate of drug-likeness (QED) is 0.390. The van der Waals surface area contributed by atoms with Gasteiger partial charge in [0.2, 0.25) is 6.23 Å². The number of ether oxygens (including phenoxy) is 1. The third kappa shape index (κ3) is 4.52. The normalized spacial score (nSPS) is 13.0. The van der Waals surface area contributed by atoms with Crippen molar-refractivity contribution in [3.05, 3.63) is 48.0 Å². The van der Waals surface area contributed by atoms with E-state index < -0.39 is 0 Å². The van der Waals surface area contributed by atoms with Crippen LogP contribution in [0.5, 0.6) is 0 Å². The van der Waals surface area contributed by atoms with E-state index in [0.29, 0.717) is 0 Å². The molecule has 0 aliphatic carbocycles. The first kappa shape index (κ1) is 18.6. The Bertz CT molecular complexity index is 566. The fourth-order valence-electron chi connectivity index (χ4n) is 2.60. The first-order chi connectivity index (χ1) is 9.58. The second-order valence-corrected chi connectivity index (χ2v) is 6.29. The van der Waals surface area contributed by atoms with Gasteiger partial charge in [0.1, 0.15) is 6.54 Å². The number of hydrogen-bond donors (Lipinski definition) is 0. The topological polar surface area (TPSA) is 9.23 Å². The third-order valence-electron chi connectivity index (χ3n) is 3.73. The molecule has 0 aliphatic heterocycles. The fourth-order valence-corrected chi connectivity index (χ4v) is 3.57. The smallest absolute Gasteiger partial charge is 0.202 e. The monoisotopic (exact) mass is 415 g/mol. The van der Waals surface area contributed by atoms with Gasteiger partial charge in [0.15, 0.2) is 0 Å². The summed E-state index contributed by atoms with van der Waals surface area (Å²) in [5.41, 5.74) is 1.37. The molecule has 0 aromatic heterocycles. The van der Waals surface area contributed by atoms with E-state index >= 15 is 0 Å². The molecule has 0 heterocycles. The number of halogens is 2. The van der Waals surface area contributed by atoms with Gasteiger partial charge in [0.25, 0.3) is 0 Å². The summed E-state index contributed by atoms with van der Waals surface area (Å²) in [5.74, 6) is 0. The van der Waals surface area contributed by atoms with Crippen LogP contribution in [0.25, 0.3) is 10.8 Å². The molecule has 2 nitrogen and oxygen atoms in total. The van der Waals surface area contributed by atoms with Crippen LogP contribution in [-0.2, 0) is 11.3 Å². The van der Waals surface area contributed by atoms with Crippen molar-refractivity contribution in [1.82, 2.24) is 0 Å². The van der Waals surface area contributed by atoms with Gasteiger partial charge < -0.3 is 21.7 Å². The minimum absolute atomic E-state index is 0. The van der Waals surface area contributed by atoms with Crippen LogP contribution in [0.15, 0.2) is 42.5 Å². The number of rotatable bonds is 6. The highest BCUT2D eigenvalue weighted by atomic mass is 79.9. The van der Waals surface area contributed by atoms with E-state index in [1.807, 2.05) is 6.92 Å². The molecule has 0 radical (unpaired) electrons. The van der Waals surface area contributed by atoms with E-state index in [4.69, 9.17) is 4.74 Å². The van der Waals surface area contributed by atoms with Crippen LogP contribution in [0.4, 0.5) is 0 Å². The van der Waals surface area contributed by atoms with Crippen molar-refractivity contribution in [2.45, 2.75) is 19.7 Å². The molecule has 0 spiro atoms. The number of quaternary nitrogens is 1. The molecule has 4 heteroatoms.